The summed E-state index contributed by atoms with van der Waals surface area (Å²) >= 11 is 0. The van der Waals surface area contributed by atoms with Crippen LogP contribution in [0.1, 0.15) is 150 Å². The molecule has 3 saturated heterocycles. The quantitative estimate of drug-likeness (QED) is 0.147. The Morgan fingerprint density at radius 1 is 0.568 bits per heavy atom. The number of carbonyl (C=O) groups excluding carboxylic acids is 11. The van der Waals surface area contributed by atoms with E-state index < -0.39 is 168 Å². The van der Waals surface area contributed by atoms with Crippen LogP contribution < -0.4 is 21.3 Å². The average molecular weight is 1340 g/mol. The number of aliphatic hydroxyl groups is 1. The first kappa shape index (κ1) is 82.8. The zero-order valence-electron chi connectivity index (χ0n) is 61.8. The molecule has 2 bridgehead atoms. The monoisotopic (exact) mass is 1340 g/mol. The van der Waals surface area contributed by atoms with Crippen molar-refractivity contribution in [2.45, 2.75) is 235 Å². The van der Waals surface area contributed by atoms with Crippen molar-refractivity contribution < 1.29 is 67.3 Å². The molecule has 0 aromatic carbocycles. The number of allylic oxidation sites excluding steroid dienone is 2. The number of hydrogen-bond acceptors (Lipinski definition) is 16. The van der Waals surface area contributed by atoms with Gasteiger partial charge in [-0.05, 0) is 110 Å². The summed E-state index contributed by atoms with van der Waals surface area (Å²) in [6.07, 6.45) is 0.660. The predicted molar refractivity (Wildman–Crippen MR) is 362 cm³/mol. The Bertz CT molecular complexity index is 2650. The van der Waals surface area contributed by atoms with Crippen LogP contribution >= 0.6 is 0 Å². The zero-order valence-corrected chi connectivity index (χ0v) is 61.8. The summed E-state index contributed by atoms with van der Waals surface area (Å²) in [5.41, 5.74) is 0. The Balaban J connectivity index is 2.33. The van der Waals surface area contributed by atoms with Gasteiger partial charge in [0.1, 0.15) is 66.6 Å². The number of ether oxygens (including phenoxy) is 2. The summed E-state index contributed by atoms with van der Waals surface area (Å²) in [7, 11) is 10.2. The van der Waals surface area contributed by atoms with Crippen LogP contribution in [0, 0.1) is 35.5 Å². The first-order chi connectivity index (χ1) is 44.2. The van der Waals surface area contributed by atoms with Gasteiger partial charge in [-0.25, -0.2) is 4.79 Å². The van der Waals surface area contributed by atoms with E-state index in [2.05, 4.69) is 26.2 Å². The summed E-state index contributed by atoms with van der Waals surface area (Å²) in [4.78, 5) is 175. The number of fused-ring (bicyclic) bond motifs is 3. The molecule has 3 aliphatic rings. The lowest BCUT2D eigenvalue weighted by atomic mass is 9.92. The van der Waals surface area contributed by atoms with Crippen molar-refractivity contribution in [1.29, 1.82) is 0 Å². The number of amides is 11. The lowest BCUT2D eigenvalue weighted by Crippen LogP contribution is -2.63. The van der Waals surface area contributed by atoms with Gasteiger partial charge in [0.2, 0.25) is 59.1 Å². The molecule has 16 atom stereocenters. The number of nitrogens with zero attached hydrogens (tertiary/aromatic N) is 9. The van der Waals surface area contributed by atoms with Gasteiger partial charge < -0.3 is 75.0 Å². The molecule has 3 rings (SSSR count). The van der Waals surface area contributed by atoms with Crippen LogP contribution in [0.4, 0.5) is 4.79 Å². The van der Waals surface area contributed by atoms with Crippen LogP contribution in [0.2, 0.25) is 0 Å². The van der Waals surface area contributed by atoms with Crippen LogP contribution in [0.3, 0.4) is 0 Å². The first-order valence-electron chi connectivity index (χ1n) is 34.3. The number of carbonyl (C=O) groups is 11. The Hall–Kier alpha value is -6.45. The molecule has 3 fully saturated rings. The van der Waals surface area contributed by atoms with Gasteiger partial charge in [0.15, 0.2) is 0 Å². The minimum absolute atomic E-state index is 0.0296. The molecular formula is C68H121N13O14. The standard InChI is InChI=1S/C68H121N13O14/c1-25-28-29-42(12)56-55-60(85)71-48(26-2)63(88)73(18)46(16)62(87)77(22)53(43(13)37-94-68(93)81-32-30-80(27-3)31-33-81)59(84)72-52(41(10)11)66(91)74(19)49(34-38(4)5)58(83)69-44(14)57(82)70-45(15)61(86)75(20)50(35-39(6)7)64(89)76(21)51(36-40(8)9)65(90)78(23)54(47(17)95-56)67(92)79(55)24/h25,28,38-56,65,90H,26-27,29-37H2,1-24H3,(H,69,83)(H,70,82)(H,71,85)(H,72,84)/b28-25+/t42-,43+,44+,45-,46-,47?,48+,49+,50+,51+,52+,53+,54+,55+,56-,65?/m1/s1. The Morgan fingerprint density at radius 2 is 1.12 bits per heavy atom. The number of aliphatic hydroxyl groups excluding tert-OH is 1. The van der Waals surface area contributed by atoms with Gasteiger partial charge in [0.05, 0.1) is 24.9 Å². The lowest BCUT2D eigenvalue weighted by molar-refractivity contribution is -0.157. The topological polar surface area (TPSA) is 304 Å². The van der Waals surface area contributed by atoms with Gasteiger partial charge in [-0.3, -0.25) is 52.8 Å². The minimum atomic E-state index is -1.53. The van der Waals surface area contributed by atoms with Gasteiger partial charge >= 0.3 is 6.09 Å². The molecule has 5 N–H and O–H groups in total. The third kappa shape index (κ3) is 21.5. The Labute approximate surface area is 566 Å². The molecule has 0 spiro atoms. The van der Waals surface area contributed by atoms with E-state index in [1.165, 1.54) is 87.6 Å². The molecule has 3 heterocycles. The van der Waals surface area contributed by atoms with E-state index in [9.17, 15) is 33.9 Å². The molecule has 542 valence electrons. The van der Waals surface area contributed by atoms with Gasteiger partial charge in [-0.1, -0.05) is 95.2 Å². The third-order valence-electron chi connectivity index (χ3n) is 19.2. The van der Waals surface area contributed by atoms with Crippen molar-refractivity contribution in [3.8, 4) is 0 Å². The highest BCUT2D eigenvalue weighted by molar-refractivity contribution is 5.99. The fraction of sp³-hybridized carbons (Fsp3) is 0.809. The minimum Gasteiger partial charge on any atom is -0.449 e. The summed E-state index contributed by atoms with van der Waals surface area (Å²) in [6.45, 7) is 32.4. The van der Waals surface area contributed by atoms with Crippen LogP contribution in [0.15, 0.2) is 12.2 Å². The molecular weight excluding hydrogens is 1220 g/mol. The van der Waals surface area contributed by atoms with E-state index >= 15 is 24.0 Å². The Morgan fingerprint density at radius 3 is 1.64 bits per heavy atom. The molecule has 0 radical (unpaired) electrons. The third-order valence-corrected chi connectivity index (χ3v) is 19.2. The van der Waals surface area contributed by atoms with Crippen LogP contribution in [-0.4, -0.2) is 288 Å². The molecule has 27 nitrogen and oxygen atoms in total. The molecule has 27 heteroatoms. The van der Waals surface area contributed by atoms with Gasteiger partial charge in [-0.15, -0.1) is 0 Å². The van der Waals surface area contributed by atoms with E-state index in [4.69, 9.17) is 9.47 Å². The maximum Gasteiger partial charge on any atom is 0.409 e. The number of hydrogen-bond donors (Lipinski definition) is 5. The highest BCUT2D eigenvalue weighted by Crippen LogP contribution is 2.31. The molecule has 11 amide bonds. The molecule has 2 unspecified atom stereocenters. The Kier molecular flexibility index (Phi) is 32.5. The van der Waals surface area contributed by atoms with Crippen molar-refractivity contribution >= 4 is 65.2 Å². The average Bonchev–Trinajstić information content (AvgIpc) is 1.71. The largest absolute Gasteiger partial charge is 0.449 e. The fourth-order valence-corrected chi connectivity index (χ4v) is 12.9. The summed E-state index contributed by atoms with van der Waals surface area (Å²) < 4.78 is 12.7. The molecule has 95 heavy (non-hydrogen) atoms. The second kappa shape index (κ2) is 37.3. The molecule has 0 aliphatic carbocycles. The van der Waals surface area contributed by atoms with Gasteiger partial charge in [-0.2, -0.15) is 0 Å². The number of likely N-dealkylation sites (N-methyl/N-ethyl adjacent to an activating group) is 8. The van der Waals surface area contributed by atoms with Crippen LogP contribution in [0.5, 0.6) is 0 Å². The number of nitrogens with one attached hydrogen (secondary N) is 4. The maximum absolute atomic E-state index is 15.2. The molecule has 0 saturated carbocycles. The normalized spacial score (nSPS) is 30.2. The van der Waals surface area contributed by atoms with Gasteiger partial charge in [0, 0.05) is 74.4 Å². The van der Waals surface area contributed by atoms with Crippen molar-refractivity contribution in [2.75, 3.05) is 88.7 Å². The summed E-state index contributed by atoms with van der Waals surface area (Å²) in [5.74, 6) is -9.19. The molecule has 0 aromatic rings. The highest BCUT2D eigenvalue weighted by Gasteiger charge is 2.51. The molecule has 3 aliphatic heterocycles. The van der Waals surface area contributed by atoms with Crippen molar-refractivity contribution in [3.05, 3.63) is 12.2 Å². The number of rotatable bonds is 15. The predicted octanol–water partition coefficient (Wildman–Crippen LogP) is 2.58. The highest BCUT2D eigenvalue weighted by atomic mass is 16.6. The van der Waals surface area contributed by atoms with E-state index in [1.54, 1.807) is 46.6 Å². The van der Waals surface area contributed by atoms with Crippen molar-refractivity contribution in [3.63, 3.8) is 0 Å². The SMILES string of the molecule is C/C=C/C[C@@H](C)[C@H]1OC(C)[C@H]2C(=O)N(C)[C@@H]1C(=O)N[C@@H](CC)C(=O)N(C)[C@H](C)C(=O)N(C)[C@@H]([C@@H](C)COC(=O)N1CCN(CC)CC1)C(=O)N[C@@H](C(C)C)C(=O)N(C)[C@@H](CC(C)C)C(=O)N[C@@H](C)C(=O)N[C@H](C)C(=O)N(C)[C@@H](CC(C)C)C(=O)N(C)[C@@H](CC(C)C)C(O)N2C. The van der Waals surface area contributed by atoms with E-state index in [1.807, 2.05) is 74.5 Å². The number of piperazine rings is 1. The fourth-order valence-electron chi connectivity index (χ4n) is 12.9. The van der Waals surface area contributed by atoms with Crippen molar-refractivity contribution in [2.24, 2.45) is 35.5 Å². The molecule has 0 aromatic heterocycles. The second-order valence-electron chi connectivity index (χ2n) is 28.5. The van der Waals surface area contributed by atoms with E-state index in [-0.39, 0.29) is 50.0 Å². The van der Waals surface area contributed by atoms with Crippen molar-refractivity contribution in [1.82, 2.24) is 65.4 Å². The van der Waals surface area contributed by atoms with Crippen LogP contribution in [0.25, 0.3) is 0 Å². The summed E-state index contributed by atoms with van der Waals surface area (Å²) in [6, 6.07) is -13.7. The maximum atomic E-state index is 15.2. The zero-order chi connectivity index (χ0) is 72.5. The lowest BCUT2D eigenvalue weighted by Gasteiger charge is -2.43. The first-order valence-corrected chi connectivity index (χ1v) is 34.3. The summed E-state index contributed by atoms with van der Waals surface area (Å²) in [5, 5.41) is 23.8. The van der Waals surface area contributed by atoms with E-state index in [0.717, 1.165) is 16.3 Å². The smallest absolute Gasteiger partial charge is 0.409 e. The van der Waals surface area contributed by atoms with Crippen LogP contribution in [-0.2, 0) is 57.4 Å². The van der Waals surface area contributed by atoms with Gasteiger partial charge in [0.25, 0.3) is 0 Å². The van der Waals surface area contributed by atoms with E-state index in [0.29, 0.717) is 32.6 Å². The second-order valence-corrected chi connectivity index (χ2v) is 28.5.